The Bertz CT molecular complexity index is 2220. The van der Waals surface area contributed by atoms with E-state index in [1.807, 2.05) is 60.7 Å². The first kappa shape index (κ1) is 37.4. The molecule has 1 amide bonds. The predicted octanol–water partition coefficient (Wildman–Crippen LogP) is 8.48. The molecule has 2 unspecified atom stereocenters. The topological polar surface area (TPSA) is 125 Å². The van der Waals surface area contributed by atoms with Crippen molar-refractivity contribution in [3.05, 3.63) is 148 Å². The van der Waals surface area contributed by atoms with Crippen molar-refractivity contribution in [1.29, 1.82) is 0 Å². The zero-order valence-electron chi connectivity index (χ0n) is 29.4. The van der Waals surface area contributed by atoms with E-state index in [-0.39, 0.29) is 33.1 Å². The quantitative estimate of drug-likeness (QED) is 0.0948. The first-order chi connectivity index (χ1) is 26.1. The summed E-state index contributed by atoms with van der Waals surface area (Å²) < 4.78 is 28.7. The fourth-order valence-electron chi connectivity index (χ4n) is 7.12. The molecule has 10 nitrogen and oxygen atoms in total. The number of anilines is 2. The van der Waals surface area contributed by atoms with Gasteiger partial charge in [0, 0.05) is 71.3 Å². The van der Waals surface area contributed by atoms with Crippen LogP contribution in [0.4, 0.5) is 17.1 Å². The number of rotatable bonds is 12. The number of hydrogen-bond donors (Lipinski definition) is 2. The Hall–Kier alpha value is -4.88. The van der Waals surface area contributed by atoms with Gasteiger partial charge in [0.05, 0.1) is 9.82 Å². The largest absolute Gasteiger partial charge is 0.376 e. The van der Waals surface area contributed by atoms with E-state index in [0.29, 0.717) is 5.02 Å². The standard InChI is InChI=1S/C41H40ClN5O5S2/c42-32-16-20-36(29-8-3-1-4-9-29)31(26-32)28-45-22-24-46(25-23-45)33-17-14-30(15-18-33)41(48)44-54(51,52)35-19-21-37(39(27-35)47(49)50)43-38-12-7-13-40(38)53-34-10-5-2-6-11-34/h1-6,8-11,14-21,26-27,38,40,43H,7,12-13,22-25,28H2,(H,44,48). The molecule has 5 aromatic rings. The minimum atomic E-state index is -4.41. The molecular weight excluding hydrogens is 742 g/mol. The summed E-state index contributed by atoms with van der Waals surface area (Å²) in [5.74, 6) is -0.821. The maximum atomic E-state index is 13.3. The molecule has 2 atom stereocenters. The summed E-state index contributed by atoms with van der Waals surface area (Å²) in [6.45, 7) is 3.98. The number of nitrogens with one attached hydrogen (secondary N) is 2. The Labute approximate surface area is 324 Å². The van der Waals surface area contributed by atoms with Gasteiger partial charge in [-0.2, -0.15) is 0 Å². The molecule has 2 fully saturated rings. The lowest BCUT2D eigenvalue weighted by atomic mass is 9.99. The average Bonchev–Trinajstić information content (AvgIpc) is 3.61. The molecule has 0 bridgehead atoms. The molecule has 1 heterocycles. The first-order valence-corrected chi connectivity index (χ1v) is 20.6. The van der Waals surface area contributed by atoms with Crippen LogP contribution in [0.3, 0.4) is 0 Å². The maximum absolute atomic E-state index is 13.3. The van der Waals surface area contributed by atoms with Gasteiger partial charge in [-0.1, -0.05) is 72.6 Å². The minimum Gasteiger partial charge on any atom is -0.376 e. The van der Waals surface area contributed by atoms with Crippen LogP contribution in [0.1, 0.15) is 35.2 Å². The number of nitro groups is 1. The zero-order chi connectivity index (χ0) is 37.7. The normalized spacial score (nSPS) is 17.6. The average molecular weight is 782 g/mol. The summed E-state index contributed by atoms with van der Waals surface area (Å²) in [6.07, 6.45) is 2.78. The van der Waals surface area contributed by atoms with Crippen LogP contribution in [0.25, 0.3) is 11.1 Å². The molecule has 1 aliphatic carbocycles. The third kappa shape index (κ3) is 8.90. The fourth-order valence-corrected chi connectivity index (χ4v) is 9.62. The van der Waals surface area contributed by atoms with E-state index in [1.54, 1.807) is 36.0 Å². The van der Waals surface area contributed by atoms with Gasteiger partial charge in [0.25, 0.3) is 21.6 Å². The highest BCUT2D eigenvalue weighted by atomic mass is 35.5. The molecule has 0 aromatic heterocycles. The number of halogens is 1. The van der Waals surface area contributed by atoms with E-state index in [2.05, 4.69) is 38.0 Å². The van der Waals surface area contributed by atoms with Crippen LogP contribution in [0.15, 0.2) is 131 Å². The summed E-state index contributed by atoms with van der Waals surface area (Å²) >= 11 is 8.11. The summed E-state index contributed by atoms with van der Waals surface area (Å²) in [5, 5.41) is 16.3. The molecule has 1 saturated heterocycles. The van der Waals surface area contributed by atoms with Crippen LogP contribution in [0.2, 0.25) is 5.02 Å². The Balaban J connectivity index is 0.958. The number of piperazine rings is 1. The number of thioether (sulfide) groups is 1. The highest BCUT2D eigenvalue weighted by Crippen LogP contribution is 2.38. The molecule has 0 spiro atoms. The number of benzene rings is 5. The second kappa shape index (κ2) is 16.6. The first-order valence-electron chi connectivity index (χ1n) is 17.9. The van der Waals surface area contributed by atoms with Gasteiger partial charge in [0.15, 0.2) is 0 Å². The summed E-state index contributed by atoms with van der Waals surface area (Å²) in [7, 11) is -4.41. The van der Waals surface area contributed by atoms with Crippen molar-refractivity contribution < 1.29 is 18.1 Å². The third-order valence-corrected chi connectivity index (χ3v) is 12.9. The smallest absolute Gasteiger partial charge is 0.293 e. The predicted molar refractivity (Wildman–Crippen MR) is 216 cm³/mol. The van der Waals surface area contributed by atoms with E-state index < -0.39 is 20.9 Å². The van der Waals surface area contributed by atoms with Crippen molar-refractivity contribution >= 4 is 56.4 Å². The summed E-state index contributed by atoms with van der Waals surface area (Å²) in [4.78, 5) is 30.0. The second-order valence-electron chi connectivity index (χ2n) is 13.5. The van der Waals surface area contributed by atoms with Gasteiger partial charge >= 0.3 is 0 Å². The monoisotopic (exact) mass is 781 g/mol. The molecule has 7 rings (SSSR count). The molecule has 13 heteroatoms. The molecule has 0 radical (unpaired) electrons. The molecule has 2 N–H and O–H groups in total. The lowest BCUT2D eigenvalue weighted by Crippen LogP contribution is -2.46. The lowest BCUT2D eigenvalue weighted by molar-refractivity contribution is -0.384. The van der Waals surface area contributed by atoms with Gasteiger partial charge < -0.3 is 10.2 Å². The number of sulfonamides is 1. The van der Waals surface area contributed by atoms with E-state index in [4.69, 9.17) is 11.6 Å². The highest BCUT2D eigenvalue weighted by Gasteiger charge is 2.31. The van der Waals surface area contributed by atoms with Gasteiger partial charge in [0.2, 0.25) is 0 Å². The van der Waals surface area contributed by atoms with Gasteiger partial charge in [-0.15, -0.1) is 11.8 Å². The number of amides is 1. The Morgan fingerprint density at radius 1 is 0.852 bits per heavy atom. The van der Waals surface area contributed by atoms with Crippen molar-refractivity contribution in [3.63, 3.8) is 0 Å². The number of carbonyl (C=O) groups is 1. The van der Waals surface area contributed by atoms with Gasteiger partial charge in [-0.05, 0) is 90.2 Å². The number of carbonyl (C=O) groups excluding carboxylic acids is 1. The van der Waals surface area contributed by atoms with Crippen LogP contribution >= 0.6 is 23.4 Å². The van der Waals surface area contributed by atoms with Crippen molar-refractivity contribution in [2.24, 2.45) is 0 Å². The molecule has 2 aliphatic rings. The van der Waals surface area contributed by atoms with Crippen molar-refractivity contribution in [2.75, 3.05) is 36.4 Å². The van der Waals surface area contributed by atoms with Gasteiger partial charge in [-0.25, -0.2) is 13.1 Å². The van der Waals surface area contributed by atoms with Crippen LogP contribution in [0.5, 0.6) is 0 Å². The lowest BCUT2D eigenvalue weighted by Gasteiger charge is -2.36. The van der Waals surface area contributed by atoms with Crippen LogP contribution in [-0.2, 0) is 16.6 Å². The third-order valence-electron chi connectivity index (χ3n) is 9.94. The van der Waals surface area contributed by atoms with E-state index in [0.717, 1.165) is 79.8 Å². The molecule has 1 aliphatic heterocycles. The summed E-state index contributed by atoms with van der Waals surface area (Å²) in [6, 6.07) is 36.8. The number of hydrogen-bond acceptors (Lipinski definition) is 9. The van der Waals surface area contributed by atoms with Gasteiger partial charge in [-0.3, -0.25) is 19.8 Å². The van der Waals surface area contributed by atoms with Crippen molar-refractivity contribution in [3.8, 4) is 11.1 Å². The Kier molecular flexibility index (Phi) is 11.5. The Morgan fingerprint density at radius 2 is 1.56 bits per heavy atom. The van der Waals surface area contributed by atoms with E-state index >= 15 is 0 Å². The Morgan fingerprint density at radius 3 is 2.26 bits per heavy atom. The second-order valence-corrected chi connectivity index (χ2v) is 16.9. The van der Waals surface area contributed by atoms with E-state index in [1.165, 1.54) is 17.7 Å². The van der Waals surface area contributed by atoms with E-state index in [9.17, 15) is 23.3 Å². The molecule has 278 valence electrons. The molecule has 54 heavy (non-hydrogen) atoms. The van der Waals surface area contributed by atoms with Crippen LogP contribution < -0.4 is 14.9 Å². The number of nitrogens with zero attached hydrogens (tertiary/aromatic N) is 3. The van der Waals surface area contributed by atoms with Crippen LogP contribution in [-0.4, -0.2) is 61.6 Å². The molecular formula is C41H40ClN5O5S2. The van der Waals surface area contributed by atoms with Gasteiger partial charge in [0.1, 0.15) is 5.69 Å². The SMILES string of the molecule is O=C(NS(=O)(=O)c1ccc(NC2CCCC2Sc2ccccc2)c([N+](=O)[O-])c1)c1ccc(N2CCN(Cc3cc(Cl)ccc3-c3ccccc3)CC2)cc1. The van der Waals surface area contributed by atoms with Crippen molar-refractivity contribution in [2.45, 2.75) is 46.9 Å². The fraction of sp³-hybridized carbons (Fsp3) is 0.244. The maximum Gasteiger partial charge on any atom is 0.293 e. The minimum absolute atomic E-state index is 0.0232. The summed E-state index contributed by atoms with van der Waals surface area (Å²) in [5.41, 5.74) is 4.45. The highest BCUT2D eigenvalue weighted by molar-refractivity contribution is 8.00. The molecule has 1 saturated carbocycles. The zero-order valence-corrected chi connectivity index (χ0v) is 31.8. The molecule has 5 aromatic carbocycles. The van der Waals surface area contributed by atoms with Crippen molar-refractivity contribution in [1.82, 2.24) is 9.62 Å². The number of nitro benzene ring substituents is 1. The van der Waals surface area contributed by atoms with Crippen LogP contribution in [0, 0.1) is 10.1 Å².